The second-order valence-corrected chi connectivity index (χ2v) is 1.25. The first-order chi connectivity index (χ1) is 3.66. The van der Waals surface area contributed by atoms with Crippen LogP contribution >= 0.6 is 0 Å². The Bertz CT molecular complexity index is 135. The van der Waals surface area contributed by atoms with Gasteiger partial charge < -0.3 is 0 Å². The first-order valence-electron chi connectivity index (χ1n) is 1.94. The molecule has 0 fully saturated rings. The highest BCUT2D eigenvalue weighted by molar-refractivity contribution is 5.87. The highest BCUT2D eigenvalue weighted by atomic mass is 16.4. The number of allylic oxidation sites excluding steroid dienone is 1. The highest BCUT2D eigenvalue weighted by Crippen LogP contribution is 1.83. The van der Waals surface area contributed by atoms with Gasteiger partial charge in [0.25, 0.3) is 0 Å². The molecule has 3 heteroatoms. The summed E-state index contributed by atoms with van der Waals surface area (Å²) in [7, 11) is 0. The molecule has 0 saturated carbocycles. The summed E-state index contributed by atoms with van der Waals surface area (Å²) in [4.78, 5) is 19.2. The van der Waals surface area contributed by atoms with Crippen LogP contribution in [-0.4, -0.2) is 12.3 Å². The van der Waals surface area contributed by atoms with Crippen molar-refractivity contribution in [3.8, 4) is 0 Å². The Kier molecular flexibility index (Phi) is 2.54. The van der Waals surface area contributed by atoms with Crippen LogP contribution in [-0.2, 0) is 14.7 Å². The predicted molar refractivity (Wildman–Crippen MR) is 25.1 cm³/mol. The fraction of sp³-hybridized carbons (Fsp3) is 0.200. The standard InChI is InChI=1S/C5H4O3/c1-4(3-6)2-5(7)8/h2H,1H3/b4-2-. The molecule has 0 aliphatic carbocycles. The smallest absolute Gasteiger partial charge is 0.285 e. The van der Waals surface area contributed by atoms with E-state index >= 15 is 0 Å². The third-order valence-corrected chi connectivity index (χ3v) is 0.495. The maximum Gasteiger partial charge on any atom is 0.379 e. The van der Waals surface area contributed by atoms with E-state index in [4.69, 9.17) is 0 Å². The average molecular weight is 112 g/mol. The van der Waals surface area contributed by atoms with Gasteiger partial charge in [0, 0.05) is 11.6 Å². The van der Waals surface area contributed by atoms with Crippen molar-refractivity contribution in [2.24, 2.45) is 0 Å². The summed E-state index contributed by atoms with van der Waals surface area (Å²) in [5.74, 6) is -1.37. The number of hydrogen-bond acceptors (Lipinski definition) is 2. The monoisotopic (exact) mass is 112 g/mol. The number of carbonyl (C=O) groups excluding carboxylic acids is 2. The van der Waals surface area contributed by atoms with E-state index in [2.05, 4.69) is 0 Å². The predicted octanol–water partition coefficient (Wildman–Crippen LogP) is -0.000500. The fourth-order valence-corrected chi connectivity index (χ4v) is 0.206. The minimum Gasteiger partial charge on any atom is -0.285 e. The van der Waals surface area contributed by atoms with Gasteiger partial charge in [-0.25, -0.2) is 9.90 Å². The minimum absolute atomic E-state index is 0.0324. The molecule has 0 atom stereocenters. The van der Waals surface area contributed by atoms with Crippen molar-refractivity contribution in [3.63, 3.8) is 0 Å². The van der Waals surface area contributed by atoms with Crippen LogP contribution < -0.4 is 0 Å². The molecule has 0 amide bonds. The third-order valence-electron chi connectivity index (χ3n) is 0.495. The maximum atomic E-state index is 9.60. The van der Waals surface area contributed by atoms with Gasteiger partial charge in [0.2, 0.25) is 6.29 Å². The van der Waals surface area contributed by atoms with Crippen LogP contribution in [0, 0.1) is 0 Å². The summed E-state index contributed by atoms with van der Waals surface area (Å²) in [5, 5.41) is 9.60. The Morgan fingerprint density at radius 2 is 2.12 bits per heavy atom. The van der Waals surface area contributed by atoms with Gasteiger partial charge in [0.15, 0.2) is 0 Å². The molecule has 0 aromatic heterocycles. The largest absolute Gasteiger partial charge is 0.379 e. The Morgan fingerprint density at radius 3 is 2.25 bits per heavy atom. The van der Waals surface area contributed by atoms with Gasteiger partial charge in [-0.1, -0.05) is 0 Å². The van der Waals surface area contributed by atoms with Crippen LogP contribution in [0.1, 0.15) is 6.92 Å². The lowest BCUT2D eigenvalue weighted by atomic mass is 10.3. The molecule has 0 heterocycles. The molecule has 42 valence electrons. The second kappa shape index (κ2) is 2.96. The number of rotatable bonds is 2. The zero-order chi connectivity index (χ0) is 6.57. The molecular weight excluding hydrogens is 108 g/mol. The molecule has 3 nitrogen and oxygen atoms in total. The SMILES string of the molecule is C/C([C]=O)=C/C([O])=O. The van der Waals surface area contributed by atoms with Crippen LogP contribution in [0.4, 0.5) is 0 Å². The lowest BCUT2D eigenvalue weighted by Crippen LogP contribution is -1.87. The molecule has 0 N–H and O–H groups in total. The highest BCUT2D eigenvalue weighted by Gasteiger charge is 1.92. The van der Waals surface area contributed by atoms with Crippen LogP contribution in [0.2, 0.25) is 0 Å². The quantitative estimate of drug-likeness (QED) is 0.472. The van der Waals surface area contributed by atoms with E-state index in [0.29, 0.717) is 6.08 Å². The Balaban J connectivity index is 3.94. The van der Waals surface area contributed by atoms with Gasteiger partial charge >= 0.3 is 5.97 Å². The van der Waals surface area contributed by atoms with Gasteiger partial charge in [-0.15, -0.1) is 0 Å². The molecule has 0 aliphatic heterocycles. The van der Waals surface area contributed by atoms with E-state index in [9.17, 15) is 14.7 Å². The molecule has 2 radical (unpaired) electrons. The minimum atomic E-state index is -1.37. The summed E-state index contributed by atoms with van der Waals surface area (Å²) in [6.07, 6.45) is 2.07. The molecule has 0 saturated heterocycles. The molecule has 0 aromatic carbocycles. The Hall–Kier alpha value is -1.12. The van der Waals surface area contributed by atoms with E-state index in [1.54, 1.807) is 0 Å². The molecule has 8 heavy (non-hydrogen) atoms. The van der Waals surface area contributed by atoms with E-state index in [0.717, 1.165) is 0 Å². The normalized spacial score (nSPS) is 10.9. The van der Waals surface area contributed by atoms with E-state index in [1.807, 2.05) is 0 Å². The summed E-state index contributed by atoms with van der Waals surface area (Å²) >= 11 is 0. The van der Waals surface area contributed by atoms with Crippen LogP contribution in [0.3, 0.4) is 0 Å². The summed E-state index contributed by atoms with van der Waals surface area (Å²) in [6.45, 7) is 1.34. The third kappa shape index (κ3) is 3.08. The zero-order valence-electron chi connectivity index (χ0n) is 4.30. The number of hydrogen-bond donors (Lipinski definition) is 0. The van der Waals surface area contributed by atoms with Gasteiger partial charge in [0.1, 0.15) is 0 Å². The molecule has 0 bridgehead atoms. The van der Waals surface area contributed by atoms with Gasteiger partial charge in [0.05, 0.1) is 0 Å². The average Bonchev–Trinajstić information content (AvgIpc) is 1.65. The molecule has 0 spiro atoms. The first kappa shape index (κ1) is 6.88. The second-order valence-electron chi connectivity index (χ2n) is 1.25. The molecule has 0 rings (SSSR count). The van der Waals surface area contributed by atoms with Crippen molar-refractivity contribution in [2.75, 3.05) is 0 Å². The van der Waals surface area contributed by atoms with Crippen molar-refractivity contribution in [2.45, 2.75) is 6.92 Å². The zero-order valence-corrected chi connectivity index (χ0v) is 4.30. The van der Waals surface area contributed by atoms with Crippen molar-refractivity contribution >= 4 is 12.3 Å². The Labute approximate surface area is 46.6 Å². The topological polar surface area (TPSA) is 54.0 Å². The molecular formula is C5H4O3. The maximum absolute atomic E-state index is 9.60. The molecule has 0 aromatic rings. The van der Waals surface area contributed by atoms with Crippen molar-refractivity contribution < 1.29 is 14.7 Å². The van der Waals surface area contributed by atoms with Crippen LogP contribution in [0.5, 0.6) is 0 Å². The van der Waals surface area contributed by atoms with Crippen molar-refractivity contribution in [3.05, 3.63) is 11.6 Å². The first-order valence-corrected chi connectivity index (χ1v) is 1.94. The summed E-state index contributed by atoms with van der Waals surface area (Å²) in [6, 6.07) is 0. The summed E-state index contributed by atoms with van der Waals surface area (Å²) in [5.41, 5.74) is 0.0324. The van der Waals surface area contributed by atoms with Gasteiger partial charge in [-0.2, -0.15) is 0 Å². The molecule has 0 aliphatic rings. The molecule has 0 unspecified atom stereocenters. The lowest BCUT2D eigenvalue weighted by Gasteiger charge is -1.75. The number of carbonyl (C=O) groups is 1. The van der Waals surface area contributed by atoms with Crippen LogP contribution in [0.25, 0.3) is 0 Å². The van der Waals surface area contributed by atoms with Crippen molar-refractivity contribution in [1.82, 2.24) is 0 Å². The van der Waals surface area contributed by atoms with E-state index in [-0.39, 0.29) is 5.57 Å². The fourth-order valence-electron chi connectivity index (χ4n) is 0.206. The van der Waals surface area contributed by atoms with E-state index < -0.39 is 5.97 Å². The van der Waals surface area contributed by atoms with Gasteiger partial charge in [-0.05, 0) is 6.92 Å². The van der Waals surface area contributed by atoms with E-state index in [1.165, 1.54) is 13.2 Å². The van der Waals surface area contributed by atoms with Crippen LogP contribution in [0.15, 0.2) is 11.6 Å². The Morgan fingerprint density at radius 1 is 1.62 bits per heavy atom. The van der Waals surface area contributed by atoms with Crippen molar-refractivity contribution in [1.29, 1.82) is 0 Å². The summed E-state index contributed by atoms with van der Waals surface area (Å²) < 4.78 is 0. The van der Waals surface area contributed by atoms with Gasteiger partial charge in [-0.3, -0.25) is 4.79 Å². The lowest BCUT2D eigenvalue weighted by molar-refractivity contribution is -0.137.